The molecule has 0 aliphatic carbocycles. The van der Waals surface area contributed by atoms with Crippen molar-refractivity contribution in [2.45, 2.75) is 25.7 Å². The maximum absolute atomic E-state index is 13.5. The van der Waals surface area contributed by atoms with Gasteiger partial charge in [-0.15, -0.1) is 24.0 Å². The summed E-state index contributed by atoms with van der Waals surface area (Å²) in [6.07, 6.45) is 4.13. The van der Waals surface area contributed by atoms with Gasteiger partial charge in [0.25, 0.3) is 0 Å². The van der Waals surface area contributed by atoms with Crippen molar-refractivity contribution in [1.82, 2.24) is 10.6 Å². The molecule has 0 bridgehead atoms. The topological polar surface area (TPSA) is 58.1 Å². The molecule has 1 aromatic carbocycles. The second-order valence-electron chi connectivity index (χ2n) is 8.06. The first-order valence-electron chi connectivity index (χ1n) is 11.0. The van der Waals surface area contributed by atoms with E-state index in [4.69, 9.17) is 9.47 Å². The SMILES string of the molecule is CN=C(NCCCOCC1CCOCC1)NCC1CCN(c2ccc(F)c(F)c2)C1.I. The zero-order chi connectivity index (χ0) is 21.2. The van der Waals surface area contributed by atoms with E-state index < -0.39 is 11.6 Å². The maximum atomic E-state index is 13.5. The normalized spacial score (nSPS) is 19.9. The molecule has 3 rings (SSSR count). The molecule has 0 saturated carbocycles. The van der Waals surface area contributed by atoms with Crippen molar-refractivity contribution in [2.24, 2.45) is 16.8 Å². The molecule has 2 fully saturated rings. The monoisotopic (exact) mass is 552 g/mol. The standard InChI is InChI=1S/C22H34F2N4O2.HI/c1-25-22(26-8-2-10-30-16-17-6-11-29-12-7-17)27-14-18-5-9-28(15-18)19-3-4-20(23)21(24)13-19;/h3-4,13,17-18H,2,5-12,14-16H2,1H3,(H2,25,26,27);1H. The Morgan fingerprint density at radius 3 is 2.71 bits per heavy atom. The van der Waals surface area contributed by atoms with Crippen LogP contribution in [0.1, 0.15) is 25.7 Å². The molecule has 2 N–H and O–H groups in total. The predicted octanol–water partition coefficient (Wildman–Crippen LogP) is 3.41. The number of nitrogens with zero attached hydrogens (tertiary/aromatic N) is 2. The number of ether oxygens (including phenoxy) is 2. The number of halogens is 3. The molecule has 31 heavy (non-hydrogen) atoms. The molecule has 0 spiro atoms. The Balaban J connectivity index is 0.00000341. The van der Waals surface area contributed by atoms with Gasteiger partial charge in [-0.05, 0) is 49.7 Å². The van der Waals surface area contributed by atoms with Gasteiger partial charge in [-0.2, -0.15) is 0 Å². The van der Waals surface area contributed by atoms with Gasteiger partial charge in [-0.25, -0.2) is 8.78 Å². The minimum atomic E-state index is -0.806. The molecule has 2 aliphatic rings. The van der Waals surface area contributed by atoms with Crippen molar-refractivity contribution in [3.63, 3.8) is 0 Å². The van der Waals surface area contributed by atoms with Crippen LogP contribution >= 0.6 is 24.0 Å². The molecule has 6 nitrogen and oxygen atoms in total. The molecule has 2 saturated heterocycles. The first-order chi connectivity index (χ1) is 14.7. The summed E-state index contributed by atoms with van der Waals surface area (Å²) in [5.41, 5.74) is 0.736. The van der Waals surface area contributed by atoms with E-state index in [1.165, 1.54) is 12.1 Å². The second kappa shape index (κ2) is 14.1. The average Bonchev–Trinajstić information content (AvgIpc) is 3.24. The van der Waals surface area contributed by atoms with Crippen molar-refractivity contribution >= 4 is 35.6 Å². The summed E-state index contributed by atoms with van der Waals surface area (Å²) < 4.78 is 37.8. The van der Waals surface area contributed by atoms with E-state index in [9.17, 15) is 8.78 Å². The van der Waals surface area contributed by atoms with Crippen LogP contribution < -0.4 is 15.5 Å². The van der Waals surface area contributed by atoms with Crippen molar-refractivity contribution in [3.05, 3.63) is 29.8 Å². The third-order valence-corrected chi connectivity index (χ3v) is 5.79. The van der Waals surface area contributed by atoms with Crippen LogP contribution in [0.25, 0.3) is 0 Å². The van der Waals surface area contributed by atoms with E-state index in [2.05, 4.69) is 20.5 Å². The number of benzene rings is 1. The molecular weight excluding hydrogens is 517 g/mol. The van der Waals surface area contributed by atoms with Gasteiger partial charge in [0.15, 0.2) is 17.6 Å². The molecule has 0 radical (unpaired) electrons. The van der Waals surface area contributed by atoms with Crippen LogP contribution in [0, 0.1) is 23.5 Å². The number of hydrogen-bond donors (Lipinski definition) is 2. The fourth-order valence-electron chi connectivity index (χ4n) is 3.92. The molecule has 1 unspecified atom stereocenters. The summed E-state index contributed by atoms with van der Waals surface area (Å²) in [5.74, 6) is 0.249. The highest BCUT2D eigenvalue weighted by Crippen LogP contribution is 2.25. The number of rotatable bonds is 9. The van der Waals surface area contributed by atoms with E-state index in [0.29, 0.717) is 11.8 Å². The van der Waals surface area contributed by atoms with E-state index in [1.807, 2.05) is 0 Å². The fourth-order valence-corrected chi connectivity index (χ4v) is 3.92. The van der Waals surface area contributed by atoms with Crippen molar-refractivity contribution in [2.75, 3.05) is 64.6 Å². The lowest BCUT2D eigenvalue weighted by Crippen LogP contribution is -2.40. The van der Waals surface area contributed by atoms with Crippen LogP contribution in [0.3, 0.4) is 0 Å². The van der Waals surface area contributed by atoms with Crippen LogP contribution in [-0.2, 0) is 9.47 Å². The Morgan fingerprint density at radius 2 is 1.97 bits per heavy atom. The summed E-state index contributed by atoms with van der Waals surface area (Å²) in [7, 11) is 1.76. The van der Waals surface area contributed by atoms with Gasteiger partial charge in [-0.3, -0.25) is 4.99 Å². The smallest absolute Gasteiger partial charge is 0.190 e. The number of anilines is 1. The summed E-state index contributed by atoms with van der Waals surface area (Å²) in [5, 5.41) is 6.69. The fraction of sp³-hybridized carbons (Fsp3) is 0.682. The van der Waals surface area contributed by atoms with Crippen molar-refractivity contribution in [3.8, 4) is 0 Å². The van der Waals surface area contributed by atoms with Crippen molar-refractivity contribution in [1.29, 1.82) is 0 Å². The van der Waals surface area contributed by atoms with Crippen LogP contribution in [0.5, 0.6) is 0 Å². The molecule has 9 heteroatoms. The lowest BCUT2D eigenvalue weighted by Gasteiger charge is -2.21. The molecule has 1 atom stereocenters. The third-order valence-electron chi connectivity index (χ3n) is 5.79. The highest BCUT2D eigenvalue weighted by molar-refractivity contribution is 14.0. The zero-order valence-electron chi connectivity index (χ0n) is 18.2. The summed E-state index contributed by atoms with van der Waals surface area (Å²) in [6.45, 7) is 6.54. The largest absolute Gasteiger partial charge is 0.381 e. The van der Waals surface area contributed by atoms with Gasteiger partial charge in [-0.1, -0.05) is 0 Å². The predicted molar refractivity (Wildman–Crippen MR) is 130 cm³/mol. The van der Waals surface area contributed by atoms with Crippen LogP contribution in [0.15, 0.2) is 23.2 Å². The molecular formula is C22H35F2IN4O2. The average molecular weight is 552 g/mol. The van der Waals surface area contributed by atoms with Crippen LogP contribution in [0.2, 0.25) is 0 Å². The second-order valence-corrected chi connectivity index (χ2v) is 8.06. The molecule has 2 heterocycles. The first kappa shape index (κ1) is 26.1. The first-order valence-corrected chi connectivity index (χ1v) is 11.0. The Morgan fingerprint density at radius 1 is 1.16 bits per heavy atom. The van der Waals surface area contributed by atoms with Gasteiger partial charge in [0.1, 0.15) is 0 Å². The van der Waals surface area contributed by atoms with Crippen molar-refractivity contribution < 1.29 is 18.3 Å². The lowest BCUT2D eigenvalue weighted by atomic mass is 10.0. The highest BCUT2D eigenvalue weighted by atomic mass is 127. The van der Waals surface area contributed by atoms with Gasteiger partial charge >= 0.3 is 0 Å². The quantitative estimate of drug-likeness (QED) is 0.213. The van der Waals surface area contributed by atoms with Gasteiger partial charge in [0.2, 0.25) is 0 Å². The van der Waals surface area contributed by atoms with E-state index in [1.54, 1.807) is 13.1 Å². The molecule has 176 valence electrons. The van der Waals surface area contributed by atoms with E-state index in [-0.39, 0.29) is 24.0 Å². The molecule has 0 amide bonds. The molecule has 1 aromatic rings. The lowest BCUT2D eigenvalue weighted by molar-refractivity contribution is 0.0203. The van der Waals surface area contributed by atoms with E-state index >= 15 is 0 Å². The van der Waals surface area contributed by atoms with Gasteiger partial charge in [0, 0.05) is 71.4 Å². The van der Waals surface area contributed by atoms with Gasteiger partial charge in [0.05, 0.1) is 0 Å². The number of nitrogens with one attached hydrogen (secondary N) is 2. The number of aliphatic imine (C=N–C) groups is 1. The Bertz CT molecular complexity index is 689. The third kappa shape index (κ3) is 8.69. The van der Waals surface area contributed by atoms with Crippen LogP contribution in [-0.4, -0.2) is 65.6 Å². The van der Waals surface area contributed by atoms with Crippen LogP contribution in [0.4, 0.5) is 14.5 Å². The zero-order valence-corrected chi connectivity index (χ0v) is 20.6. The summed E-state index contributed by atoms with van der Waals surface area (Å²) in [6, 6.07) is 4.10. The minimum Gasteiger partial charge on any atom is -0.381 e. The molecule has 2 aliphatic heterocycles. The number of hydrogen-bond acceptors (Lipinski definition) is 4. The van der Waals surface area contributed by atoms with E-state index in [0.717, 1.165) is 89.9 Å². The highest BCUT2D eigenvalue weighted by Gasteiger charge is 2.23. The minimum absolute atomic E-state index is 0. The Kier molecular flexibility index (Phi) is 11.8. The maximum Gasteiger partial charge on any atom is 0.190 e. The summed E-state index contributed by atoms with van der Waals surface area (Å²) in [4.78, 5) is 6.37. The Labute approximate surface area is 201 Å². The Hall–Kier alpha value is -1.20. The summed E-state index contributed by atoms with van der Waals surface area (Å²) >= 11 is 0. The van der Waals surface area contributed by atoms with Gasteiger partial charge < -0.3 is 25.0 Å². The molecule has 0 aromatic heterocycles. The number of guanidine groups is 1.